The molecule has 1 aliphatic heterocycles. The number of phenols is 1. The van der Waals surface area contributed by atoms with E-state index in [9.17, 15) is 14.7 Å². The van der Waals surface area contributed by atoms with Gasteiger partial charge in [0.2, 0.25) is 5.91 Å². The lowest BCUT2D eigenvalue weighted by molar-refractivity contribution is -0.126. The molecule has 0 unspecified atom stereocenters. The molecule has 2 N–H and O–H groups in total. The maximum atomic E-state index is 12.6. The van der Waals surface area contributed by atoms with E-state index in [-0.39, 0.29) is 23.5 Å². The number of nitrogens with one attached hydrogen (secondary N) is 1. The number of phenolic OH excluding ortho intramolecular Hbond substituents is 1. The Morgan fingerprint density at radius 2 is 1.78 bits per heavy atom. The van der Waals surface area contributed by atoms with Crippen molar-refractivity contribution in [2.75, 3.05) is 13.1 Å². The van der Waals surface area contributed by atoms with Gasteiger partial charge in [0.15, 0.2) is 0 Å². The van der Waals surface area contributed by atoms with Crippen LogP contribution in [0, 0.1) is 12.8 Å². The van der Waals surface area contributed by atoms with Crippen LogP contribution in [0.5, 0.6) is 5.75 Å². The molecule has 1 fully saturated rings. The highest BCUT2D eigenvalue weighted by molar-refractivity contribution is 5.95. The third-order valence-electron chi connectivity index (χ3n) is 4.81. The summed E-state index contributed by atoms with van der Waals surface area (Å²) in [6, 6.07) is 14.1. The van der Waals surface area contributed by atoms with Gasteiger partial charge in [-0.05, 0) is 61.2 Å². The molecule has 27 heavy (non-hydrogen) atoms. The molecule has 140 valence electrons. The first-order chi connectivity index (χ1) is 13.0. The van der Waals surface area contributed by atoms with E-state index in [0.29, 0.717) is 25.9 Å². The topological polar surface area (TPSA) is 82.0 Å². The van der Waals surface area contributed by atoms with E-state index in [4.69, 9.17) is 0 Å². The zero-order chi connectivity index (χ0) is 19.2. The number of hydrogen-bond acceptors (Lipinski definition) is 4. The summed E-state index contributed by atoms with van der Waals surface area (Å²) in [5, 5.41) is 13.2. The first kappa shape index (κ1) is 18.6. The molecule has 0 spiro atoms. The van der Waals surface area contributed by atoms with Gasteiger partial charge in [0.25, 0.3) is 5.91 Å². The molecular weight excluding hydrogens is 342 g/mol. The number of aromatic hydroxyl groups is 1. The first-order valence-corrected chi connectivity index (χ1v) is 9.01. The fourth-order valence-electron chi connectivity index (χ4n) is 3.15. The maximum Gasteiger partial charge on any atom is 0.254 e. The summed E-state index contributed by atoms with van der Waals surface area (Å²) < 4.78 is 0. The average Bonchev–Trinajstić information content (AvgIpc) is 2.69. The van der Waals surface area contributed by atoms with Crippen molar-refractivity contribution in [3.8, 4) is 5.75 Å². The number of hydrazone groups is 1. The molecule has 0 aromatic heterocycles. The Labute approximate surface area is 158 Å². The van der Waals surface area contributed by atoms with Gasteiger partial charge >= 0.3 is 0 Å². The second-order valence-electron chi connectivity index (χ2n) is 6.71. The van der Waals surface area contributed by atoms with Gasteiger partial charge < -0.3 is 10.0 Å². The fourth-order valence-corrected chi connectivity index (χ4v) is 3.15. The summed E-state index contributed by atoms with van der Waals surface area (Å²) in [4.78, 5) is 26.7. The minimum Gasteiger partial charge on any atom is -0.508 e. The van der Waals surface area contributed by atoms with Crippen molar-refractivity contribution in [2.24, 2.45) is 11.0 Å². The highest BCUT2D eigenvalue weighted by Crippen LogP contribution is 2.20. The quantitative estimate of drug-likeness (QED) is 0.646. The molecule has 0 saturated carbocycles. The predicted molar refractivity (Wildman–Crippen MR) is 104 cm³/mol. The average molecular weight is 365 g/mol. The highest BCUT2D eigenvalue weighted by Gasteiger charge is 2.28. The second kappa shape index (κ2) is 8.49. The molecule has 2 amide bonds. The van der Waals surface area contributed by atoms with E-state index in [2.05, 4.69) is 10.5 Å². The van der Waals surface area contributed by atoms with Gasteiger partial charge in [0.1, 0.15) is 5.75 Å². The number of carbonyl (C=O) groups excluding carboxylic acids is 2. The van der Waals surface area contributed by atoms with Gasteiger partial charge in [0.05, 0.1) is 6.21 Å². The van der Waals surface area contributed by atoms with Crippen molar-refractivity contribution in [3.63, 3.8) is 0 Å². The molecule has 0 aliphatic carbocycles. The van der Waals surface area contributed by atoms with Crippen molar-refractivity contribution in [1.29, 1.82) is 0 Å². The van der Waals surface area contributed by atoms with E-state index in [1.54, 1.807) is 24.3 Å². The van der Waals surface area contributed by atoms with Crippen LogP contribution in [0.25, 0.3) is 0 Å². The molecule has 2 aromatic rings. The van der Waals surface area contributed by atoms with Crippen molar-refractivity contribution < 1.29 is 14.7 Å². The normalized spacial score (nSPS) is 15.1. The molecule has 0 radical (unpaired) electrons. The van der Waals surface area contributed by atoms with E-state index in [1.165, 1.54) is 6.21 Å². The SMILES string of the molecule is Cc1ccccc1C(=O)N1CCC(C(=O)N/N=C\c2ccc(O)cc2)CC1. The van der Waals surface area contributed by atoms with Crippen LogP contribution < -0.4 is 5.43 Å². The Kier molecular flexibility index (Phi) is 5.86. The Morgan fingerprint density at radius 1 is 1.11 bits per heavy atom. The number of nitrogens with zero attached hydrogens (tertiary/aromatic N) is 2. The Morgan fingerprint density at radius 3 is 2.44 bits per heavy atom. The number of likely N-dealkylation sites (tertiary alicyclic amines) is 1. The van der Waals surface area contributed by atoms with Crippen LogP contribution in [0.2, 0.25) is 0 Å². The molecule has 1 heterocycles. The van der Waals surface area contributed by atoms with Crippen LogP contribution in [0.3, 0.4) is 0 Å². The van der Waals surface area contributed by atoms with Crippen LogP contribution in [0.15, 0.2) is 53.6 Å². The Balaban J connectivity index is 1.50. The zero-order valence-electron chi connectivity index (χ0n) is 15.3. The number of aryl methyl sites for hydroxylation is 1. The molecule has 6 heteroatoms. The molecule has 0 bridgehead atoms. The summed E-state index contributed by atoms with van der Waals surface area (Å²) in [5.41, 5.74) is 5.03. The highest BCUT2D eigenvalue weighted by atomic mass is 16.3. The summed E-state index contributed by atoms with van der Waals surface area (Å²) in [7, 11) is 0. The van der Waals surface area contributed by atoms with Crippen LogP contribution >= 0.6 is 0 Å². The smallest absolute Gasteiger partial charge is 0.254 e. The van der Waals surface area contributed by atoms with Gasteiger partial charge in [-0.25, -0.2) is 5.43 Å². The minimum absolute atomic E-state index is 0.0253. The molecule has 1 aliphatic rings. The minimum atomic E-state index is -0.150. The first-order valence-electron chi connectivity index (χ1n) is 9.01. The largest absolute Gasteiger partial charge is 0.508 e. The number of rotatable bonds is 4. The third-order valence-corrected chi connectivity index (χ3v) is 4.81. The molecule has 1 saturated heterocycles. The number of amides is 2. The van der Waals surface area contributed by atoms with Crippen LogP contribution in [-0.4, -0.2) is 41.1 Å². The van der Waals surface area contributed by atoms with Crippen molar-refractivity contribution in [3.05, 3.63) is 65.2 Å². The van der Waals surface area contributed by atoms with Gasteiger partial charge in [-0.15, -0.1) is 0 Å². The summed E-state index contributed by atoms with van der Waals surface area (Å²) >= 11 is 0. The van der Waals surface area contributed by atoms with Crippen molar-refractivity contribution in [2.45, 2.75) is 19.8 Å². The summed E-state index contributed by atoms with van der Waals surface area (Å²) in [6.45, 7) is 3.05. The standard InChI is InChI=1S/C21H23N3O3/c1-15-4-2-3-5-19(15)21(27)24-12-10-17(11-13-24)20(26)23-22-14-16-6-8-18(25)9-7-16/h2-9,14,17,25H,10-13H2,1H3,(H,23,26)/b22-14-. The lowest BCUT2D eigenvalue weighted by atomic mass is 9.95. The van der Waals surface area contributed by atoms with Gasteiger partial charge in [-0.3, -0.25) is 9.59 Å². The summed E-state index contributed by atoms with van der Waals surface area (Å²) in [5.74, 6) is -0.0728. The van der Waals surface area contributed by atoms with Crippen LogP contribution in [0.4, 0.5) is 0 Å². The number of benzene rings is 2. The van der Waals surface area contributed by atoms with Crippen molar-refractivity contribution in [1.82, 2.24) is 10.3 Å². The molecule has 6 nitrogen and oxygen atoms in total. The maximum absolute atomic E-state index is 12.6. The molecular formula is C21H23N3O3. The van der Waals surface area contributed by atoms with Gasteiger partial charge in [0, 0.05) is 24.6 Å². The Hall–Kier alpha value is -3.15. The van der Waals surface area contributed by atoms with Crippen LogP contribution in [-0.2, 0) is 4.79 Å². The second-order valence-corrected chi connectivity index (χ2v) is 6.71. The lowest BCUT2D eigenvalue weighted by Gasteiger charge is -2.31. The van der Waals surface area contributed by atoms with Gasteiger partial charge in [-0.2, -0.15) is 5.10 Å². The number of hydrogen-bond donors (Lipinski definition) is 2. The zero-order valence-corrected chi connectivity index (χ0v) is 15.3. The fraction of sp³-hybridized carbons (Fsp3) is 0.286. The molecule has 3 rings (SSSR count). The predicted octanol–water partition coefficient (Wildman–Crippen LogP) is 2.70. The number of piperidine rings is 1. The summed E-state index contributed by atoms with van der Waals surface area (Å²) in [6.07, 6.45) is 2.78. The van der Waals surface area contributed by atoms with Crippen molar-refractivity contribution >= 4 is 18.0 Å². The van der Waals surface area contributed by atoms with E-state index in [0.717, 1.165) is 16.7 Å². The van der Waals surface area contributed by atoms with E-state index in [1.807, 2.05) is 36.1 Å². The van der Waals surface area contributed by atoms with E-state index < -0.39 is 0 Å². The number of carbonyl (C=O) groups is 2. The molecule has 2 aromatic carbocycles. The lowest BCUT2D eigenvalue weighted by Crippen LogP contribution is -2.42. The molecule has 0 atom stereocenters. The van der Waals surface area contributed by atoms with Gasteiger partial charge in [-0.1, -0.05) is 18.2 Å². The monoisotopic (exact) mass is 365 g/mol. The van der Waals surface area contributed by atoms with Crippen LogP contribution in [0.1, 0.15) is 34.3 Å². The third kappa shape index (κ3) is 4.73. The Bertz CT molecular complexity index is 838. The van der Waals surface area contributed by atoms with E-state index >= 15 is 0 Å².